The summed E-state index contributed by atoms with van der Waals surface area (Å²) in [5.74, 6) is 0.571. The predicted octanol–water partition coefficient (Wildman–Crippen LogP) is 3.62. The summed E-state index contributed by atoms with van der Waals surface area (Å²) in [6, 6.07) is 7.69. The minimum Gasteiger partial charge on any atom is -0.384 e. The maximum atomic E-state index is 5.98. The monoisotopic (exact) mass is 302 g/mol. The first-order valence-electron chi connectivity index (χ1n) is 6.91. The van der Waals surface area contributed by atoms with Gasteiger partial charge in [-0.1, -0.05) is 17.7 Å². The van der Waals surface area contributed by atoms with Crippen molar-refractivity contribution in [3.05, 3.63) is 47.6 Å². The molecule has 5 heteroatoms. The van der Waals surface area contributed by atoms with Crippen LogP contribution in [0.25, 0.3) is 10.9 Å². The number of hydrogen-bond donors (Lipinski definition) is 2. The van der Waals surface area contributed by atoms with Crippen molar-refractivity contribution in [2.75, 3.05) is 18.4 Å². The Hall–Kier alpha value is -2.07. The second kappa shape index (κ2) is 7.64. The van der Waals surface area contributed by atoms with E-state index in [9.17, 15) is 0 Å². The van der Waals surface area contributed by atoms with Crippen LogP contribution in [-0.2, 0) is 0 Å². The van der Waals surface area contributed by atoms with E-state index in [1.165, 1.54) is 0 Å². The summed E-state index contributed by atoms with van der Waals surface area (Å²) >= 11 is 5.98. The third-order valence-electron chi connectivity index (χ3n) is 2.99. The number of hydrogen-bond acceptors (Lipinski definition) is 3. The number of nitrogens with one attached hydrogen (secondary N) is 1. The Morgan fingerprint density at radius 2 is 2.29 bits per heavy atom. The van der Waals surface area contributed by atoms with Gasteiger partial charge < -0.3 is 11.1 Å². The van der Waals surface area contributed by atoms with E-state index in [0.29, 0.717) is 17.4 Å². The highest BCUT2D eigenvalue weighted by atomic mass is 35.5. The molecule has 0 saturated heterocycles. The molecule has 4 nitrogen and oxygen atoms in total. The molecule has 0 saturated carbocycles. The van der Waals surface area contributed by atoms with Crippen molar-refractivity contribution in [2.45, 2.75) is 13.3 Å². The van der Waals surface area contributed by atoms with Gasteiger partial charge in [-0.15, -0.1) is 0 Å². The molecule has 0 amide bonds. The normalized spacial score (nSPS) is 12.2. The fourth-order valence-electron chi connectivity index (χ4n) is 2.01. The quantitative estimate of drug-likeness (QED) is 0.486. The first kappa shape index (κ1) is 15.3. The van der Waals surface area contributed by atoms with Gasteiger partial charge in [0.1, 0.15) is 5.84 Å². The predicted molar refractivity (Wildman–Crippen MR) is 91.2 cm³/mol. The number of aliphatic imine (C=N–C) groups is 1. The van der Waals surface area contributed by atoms with Gasteiger partial charge in [0.05, 0.1) is 5.52 Å². The average molecular weight is 303 g/mol. The maximum absolute atomic E-state index is 5.98. The Morgan fingerprint density at radius 3 is 3.10 bits per heavy atom. The molecule has 2 rings (SSSR count). The van der Waals surface area contributed by atoms with Crippen LogP contribution in [-0.4, -0.2) is 23.9 Å². The topological polar surface area (TPSA) is 63.3 Å². The number of allylic oxidation sites excluding steroid dienone is 1. The van der Waals surface area contributed by atoms with Gasteiger partial charge in [-0.2, -0.15) is 0 Å². The molecule has 0 aliphatic carbocycles. The first-order chi connectivity index (χ1) is 10.2. The lowest BCUT2D eigenvalue weighted by molar-refractivity contribution is 0.875. The lowest BCUT2D eigenvalue weighted by Gasteiger charge is -2.08. The standard InChI is InChI=1S/C16H19ClN4/c1-2-4-16(18)21-9-3-8-19-14-7-10-20-15-11-12(17)5-6-13(14)15/h2,4-7,10-11H,3,8-9H2,1H3,(H2,18,21)(H,19,20). The summed E-state index contributed by atoms with van der Waals surface area (Å²) < 4.78 is 0. The van der Waals surface area contributed by atoms with Crippen molar-refractivity contribution in [3.63, 3.8) is 0 Å². The van der Waals surface area contributed by atoms with E-state index in [2.05, 4.69) is 15.3 Å². The van der Waals surface area contributed by atoms with Gasteiger partial charge in [0.2, 0.25) is 0 Å². The lowest BCUT2D eigenvalue weighted by Crippen LogP contribution is -2.10. The van der Waals surface area contributed by atoms with E-state index in [4.69, 9.17) is 17.3 Å². The van der Waals surface area contributed by atoms with Crippen LogP contribution in [0.3, 0.4) is 0 Å². The fourth-order valence-corrected chi connectivity index (χ4v) is 2.18. The molecule has 0 bridgehead atoms. The molecule has 0 spiro atoms. The smallest absolute Gasteiger partial charge is 0.117 e. The molecule has 0 atom stereocenters. The van der Waals surface area contributed by atoms with Gasteiger partial charge in [-0.05, 0) is 43.7 Å². The van der Waals surface area contributed by atoms with Crippen molar-refractivity contribution in [2.24, 2.45) is 10.7 Å². The number of nitrogens with two attached hydrogens (primary N) is 1. The molecule has 110 valence electrons. The number of benzene rings is 1. The van der Waals surface area contributed by atoms with Crippen LogP contribution in [0.15, 0.2) is 47.6 Å². The molecule has 1 aromatic heterocycles. The summed E-state index contributed by atoms with van der Waals surface area (Å²) in [7, 11) is 0. The Balaban J connectivity index is 1.94. The number of rotatable bonds is 6. The van der Waals surface area contributed by atoms with Crippen LogP contribution >= 0.6 is 11.6 Å². The molecular weight excluding hydrogens is 284 g/mol. The molecule has 1 aromatic carbocycles. The highest BCUT2D eigenvalue weighted by molar-refractivity contribution is 6.31. The Kier molecular flexibility index (Phi) is 5.58. The maximum Gasteiger partial charge on any atom is 0.117 e. The number of nitrogens with zero attached hydrogens (tertiary/aromatic N) is 2. The van der Waals surface area contributed by atoms with E-state index in [1.54, 1.807) is 12.3 Å². The number of anilines is 1. The molecule has 0 aliphatic rings. The zero-order valence-corrected chi connectivity index (χ0v) is 12.8. The lowest BCUT2D eigenvalue weighted by atomic mass is 10.2. The number of pyridine rings is 1. The second-order valence-electron chi connectivity index (χ2n) is 4.61. The summed E-state index contributed by atoms with van der Waals surface area (Å²) in [5, 5.41) is 5.17. The summed E-state index contributed by atoms with van der Waals surface area (Å²) in [6.07, 6.45) is 6.37. The largest absolute Gasteiger partial charge is 0.384 e. The van der Waals surface area contributed by atoms with Crippen LogP contribution in [0.2, 0.25) is 5.02 Å². The minimum absolute atomic E-state index is 0.571. The van der Waals surface area contributed by atoms with Crippen molar-refractivity contribution in [1.82, 2.24) is 4.98 Å². The van der Waals surface area contributed by atoms with Crippen LogP contribution < -0.4 is 11.1 Å². The van der Waals surface area contributed by atoms with Crippen molar-refractivity contribution in [3.8, 4) is 0 Å². The van der Waals surface area contributed by atoms with Gasteiger partial charge in [-0.25, -0.2) is 0 Å². The number of amidine groups is 1. The Labute approximate surface area is 129 Å². The third-order valence-corrected chi connectivity index (χ3v) is 3.22. The molecular formula is C16H19ClN4. The molecule has 0 fully saturated rings. The number of fused-ring (bicyclic) bond motifs is 1. The van der Waals surface area contributed by atoms with E-state index in [0.717, 1.165) is 29.6 Å². The van der Waals surface area contributed by atoms with Gasteiger partial charge in [0, 0.05) is 35.4 Å². The van der Waals surface area contributed by atoms with E-state index < -0.39 is 0 Å². The molecule has 2 aromatic rings. The molecule has 1 heterocycles. The highest BCUT2D eigenvalue weighted by Crippen LogP contribution is 2.24. The van der Waals surface area contributed by atoms with Crippen molar-refractivity contribution in [1.29, 1.82) is 0 Å². The van der Waals surface area contributed by atoms with Gasteiger partial charge in [0.15, 0.2) is 0 Å². The minimum atomic E-state index is 0.571. The summed E-state index contributed by atoms with van der Waals surface area (Å²) in [5.41, 5.74) is 7.64. The van der Waals surface area contributed by atoms with E-state index in [1.807, 2.05) is 37.3 Å². The average Bonchev–Trinajstić information content (AvgIpc) is 2.47. The zero-order valence-electron chi connectivity index (χ0n) is 12.0. The van der Waals surface area contributed by atoms with E-state index >= 15 is 0 Å². The Bertz CT molecular complexity index is 664. The van der Waals surface area contributed by atoms with Gasteiger partial charge in [0.25, 0.3) is 0 Å². The van der Waals surface area contributed by atoms with Crippen LogP contribution in [0, 0.1) is 0 Å². The summed E-state index contributed by atoms with van der Waals surface area (Å²) in [6.45, 7) is 3.46. The van der Waals surface area contributed by atoms with Crippen molar-refractivity contribution >= 4 is 34.0 Å². The molecule has 0 radical (unpaired) electrons. The molecule has 0 unspecified atom stereocenters. The first-order valence-corrected chi connectivity index (χ1v) is 7.29. The van der Waals surface area contributed by atoms with Crippen LogP contribution in [0.1, 0.15) is 13.3 Å². The van der Waals surface area contributed by atoms with Crippen LogP contribution in [0.5, 0.6) is 0 Å². The Morgan fingerprint density at radius 1 is 1.43 bits per heavy atom. The molecule has 21 heavy (non-hydrogen) atoms. The van der Waals surface area contributed by atoms with Gasteiger partial charge in [-0.3, -0.25) is 9.98 Å². The number of aromatic nitrogens is 1. The SMILES string of the molecule is CC=CC(N)=NCCCNc1ccnc2cc(Cl)ccc12. The van der Waals surface area contributed by atoms with E-state index in [-0.39, 0.29) is 0 Å². The summed E-state index contributed by atoms with van der Waals surface area (Å²) in [4.78, 5) is 8.58. The highest BCUT2D eigenvalue weighted by Gasteiger charge is 2.01. The number of halogens is 1. The third kappa shape index (κ3) is 4.46. The van der Waals surface area contributed by atoms with Crippen LogP contribution in [0.4, 0.5) is 5.69 Å². The molecule has 0 aliphatic heterocycles. The van der Waals surface area contributed by atoms with Gasteiger partial charge >= 0.3 is 0 Å². The van der Waals surface area contributed by atoms with Crippen molar-refractivity contribution < 1.29 is 0 Å². The second-order valence-corrected chi connectivity index (χ2v) is 5.04. The molecule has 3 N–H and O–H groups in total. The fraction of sp³-hybridized carbons (Fsp3) is 0.250. The zero-order chi connectivity index (χ0) is 15.1.